The number of nitrogens with one attached hydrogen (secondary N) is 3. The molecule has 0 aromatic carbocycles. The first kappa shape index (κ1) is 14.9. The van der Waals surface area contributed by atoms with E-state index in [1.165, 1.54) is 6.20 Å². The highest BCUT2D eigenvalue weighted by Gasteiger charge is 2.25. The van der Waals surface area contributed by atoms with E-state index in [2.05, 4.69) is 14.7 Å². The minimum absolute atomic E-state index is 0.0909. The first-order chi connectivity index (χ1) is 9.37. The van der Waals surface area contributed by atoms with Crippen molar-refractivity contribution in [3.05, 3.63) is 12.0 Å². The highest BCUT2D eigenvalue weighted by atomic mass is 32.2. The number of nitrogens with two attached hydrogens (primary N) is 1. The molecule has 0 radical (unpaired) electrons. The molecule has 0 amide bonds. The van der Waals surface area contributed by atoms with Crippen LogP contribution in [0.4, 0.5) is 0 Å². The van der Waals surface area contributed by atoms with Gasteiger partial charge in [0.05, 0.1) is 12.7 Å². The number of rotatable bonds is 5. The summed E-state index contributed by atoms with van der Waals surface area (Å²) in [5.41, 5.74) is 5.36. The summed E-state index contributed by atoms with van der Waals surface area (Å²) in [6.45, 7) is 3.61. The Balaban J connectivity index is 1.91. The van der Waals surface area contributed by atoms with Gasteiger partial charge in [-0.15, -0.1) is 0 Å². The molecule has 0 spiro atoms. The monoisotopic (exact) mass is 300 g/mol. The number of likely N-dealkylation sites (tertiary alicyclic amines) is 1. The topological polar surface area (TPSA) is 128 Å². The number of aromatic amines is 1. The quantitative estimate of drug-likeness (QED) is 0.426. The van der Waals surface area contributed by atoms with Crippen molar-refractivity contribution in [2.75, 3.05) is 19.6 Å². The highest BCUT2D eigenvalue weighted by molar-refractivity contribution is 7.89. The zero-order chi connectivity index (χ0) is 14.8. The summed E-state index contributed by atoms with van der Waals surface area (Å²) in [6, 6.07) is -0.0909. The summed E-state index contributed by atoms with van der Waals surface area (Å²) in [6.07, 6.45) is 2.74. The molecule has 20 heavy (non-hydrogen) atoms. The van der Waals surface area contributed by atoms with Crippen LogP contribution in [-0.4, -0.2) is 54.8 Å². The lowest BCUT2D eigenvalue weighted by molar-refractivity contribution is 0.231. The first-order valence-corrected chi connectivity index (χ1v) is 7.94. The molecule has 9 heteroatoms. The zero-order valence-electron chi connectivity index (χ0n) is 11.4. The Kier molecular flexibility index (Phi) is 4.41. The molecule has 5 N–H and O–H groups in total. The van der Waals surface area contributed by atoms with Crippen LogP contribution in [0.15, 0.2) is 11.2 Å². The Hall–Kier alpha value is -1.45. The molecule has 112 valence electrons. The third kappa shape index (κ3) is 3.78. The van der Waals surface area contributed by atoms with Crippen molar-refractivity contribution >= 4 is 15.9 Å². The predicted octanol–water partition coefficient (Wildman–Crippen LogP) is -0.603. The number of aryl methyl sites for hydroxylation is 1. The van der Waals surface area contributed by atoms with Gasteiger partial charge in [-0.25, -0.2) is 18.1 Å². The van der Waals surface area contributed by atoms with Gasteiger partial charge < -0.3 is 10.7 Å². The van der Waals surface area contributed by atoms with E-state index >= 15 is 0 Å². The standard InChI is InChI=1S/C11H20N6O2S/c1-8-14-6-11(15-8)20(18,19)16-9-2-4-17(5-3-9)7-10(12)13/h6,9,16H,2-5,7H2,1H3,(H3,12,13)(H,14,15). The lowest BCUT2D eigenvalue weighted by Crippen LogP contribution is -2.46. The molecule has 1 fully saturated rings. The van der Waals surface area contributed by atoms with Crippen LogP contribution < -0.4 is 10.5 Å². The Bertz CT molecular complexity index is 573. The van der Waals surface area contributed by atoms with E-state index in [4.69, 9.17) is 11.1 Å². The van der Waals surface area contributed by atoms with Crippen LogP contribution in [0.1, 0.15) is 18.7 Å². The maximum absolute atomic E-state index is 12.1. The molecule has 0 aliphatic carbocycles. The lowest BCUT2D eigenvalue weighted by atomic mass is 10.1. The van der Waals surface area contributed by atoms with E-state index in [9.17, 15) is 8.42 Å². The van der Waals surface area contributed by atoms with Gasteiger partial charge in [-0.2, -0.15) is 0 Å². The maximum Gasteiger partial charge on any atom is 0.257 e. The Labute approximate surface area is 118 Å². The normalized spacial score (nSPS) is 18.2. The van der Waals surface area contributed by atoms with Crippen LogP contribution in [0.2, 0.25) is 0 Å². The SMILES string of the molecule is Cc1ncc(S(=O)(=O)NC2CCN(CC(=N)N)CC2)[nH]1. The summed E-state index contributed by atoms with van der Waals surface area (Å²) in [5, 5.41) is 7.35. The predicted molar refractivity (Wildman–Crippen MR) is 75.0 cm³/mol. The fraction of sp³-hybridized carbons (Fsp3) is 0.636. The first-order valence-electron chi connectivity index (χ1n) is 6.46. The summed E-state index contributed by atoms with van der Waals surface area (Å²) in [5.74, 6) is 0.707. The zero-order valence-corrected chi connectivity index (χ0v) is 12.2. The smallest absolute Gasteiger partial charge is 0.257 e. The molecule has 2 heterocycles. The molecule has 0 atom stereocenters. The molecule has 0 unspecified atom stereocenters. The van der Waals surface area contributed by atoms with Crippen LogP contribution in [0, 0.1) is 12.3 Å². The van der Waals surface area contributed by atoms with Gasteiger partial charge in [0.15, 0.2) is 5.03 Å². The number of imidazole rings is 1. The van der Waals surface area contributed by atoms with E-state index < -0.39 is 10.0 Å². The molecule has 1 aliphatic heterocycles. The molecular weight excluding hydrogens is 280 g/mol. The van der Waals surface area contributed by atoms with Crippen molar-refractivity contribution in [2.24, 2.45) is 5.73 Å². The van der Waals surface area contributed by atoms with Gasteiger partial charge in [-0.3, -0.25) is 10.3 Å². The van der Waals surface area contributed by atoms with E-state index in [0.717, 1.165) is 13.1 Å². The number of H-pyrrole nitrogens is 1. The van der Waals surface area contributed by atoms with Gasteiger partial charge in [0.1, 0.15) is 11.7 Å². The average Bonchev–Trinajstić information content (AvgIpc) is 2.78. The molecule has 2 rings (SSSR count). The second-order valence-electron chi connectivity index (χ2n) is 5.03. The minimum Gasteiger partial charge on any atom is -0.387 e. The number of sulfonamides is 1. The molecule has 8 nitrogen and oxygen atoms in total. The van der Waals surface area contributed by atoms with Crippen LogP contribution in [0.3, 0.4) is 0 Å². The second kappa shape index (κ2) is 5.90. The van der Waals surface area contributed by atoms with E-state index in [-0.39, 0.29) is 16.9 Å². The largest absolute Gasteiger partial charge is 0.387 e. The van der Waals surface area contributed by atoms with Gasteiger partial charge in [0.25, 0.3) is 10.0 Å². The van der Waals surface area contributed by atoms with Crippen molar-refractivity contribution in [3.8, 4) is 0 Å². The molecule has 1 aliphatic rings. The van der Waals surface area contributed by atoms with E-state index in [0.29, 0.717) is 25.2 Å². The van der Waals surface area contributed by atoms with Crippen LogP contribution in [0.25, 0.3) is 0 Å². The van der Waals surface area contributed by atoms with Gasteiger partial charge >= 0.3 is 0 Å². The molecule has 1 saturated heterocycles. The second-order valence-corrected chi connectivity index (χ2v) is 6.71. The van der Waals surface area contributed by atoms with Crippen molar-refractivity contribution in [1.82, 2.24) is 19.6 Å². The third-order valence-corrected chi connectivity index (χ3v) is 4.70. The number of hydrogen-bond donors (Lipinski definition) is 4. The van der Waals surface area contributed by atoms with Gasteiger partial charge in [0.2, 0.25) is 0 Å². The van der Waals surface area contributed by atoms with Crippen molar-refractivity contribution in [1.29, 1.82) is 5.41 Å². The maximum atomic E-state index is 12.1. The number of piperidine rings is 1. The number of hydrogen-bond acceptors (Lipinski definition) is 5. The Morgan fingerprint density at radius 3 is 2.75 bits per heavy atom. The summed E-state index contributed by atoms with van der Waals surface area (Å²) in [7, 11) is -3.53. The fourth-order valence-corrected chi connectivity index (χ4v) is 3.54. The highest BCUT2D eigenvalue weighted by Crippen LogP contribution is 2.13. The molecule has 1 aromatic heterocycles. The summed E-state index contributed by atoms with van der Waals surface area (Å²) < 4.78 is 26.9. The van der Waals surface area contributed by atoms with E-state index in [1.54, 1.807) is 6.92 Å². The summed E-state index contributed by atoms with van der Waals surface area (Å²) in [4.78, 5) is 8.67. The average molecular weight is 300 g/mol. The number of nitrogens with zero attached hydrogens (tertiary/aromatic N) is 2. The molecular formula is C11H20N6O2S. The molecule has 0 bridgehead atoms. The summed E-state index contributed by atoms with van der Waals surface area (Å²) >= 11 is 0. The van der Waals surface area contributed by atoms with Crippen molar-refractivity contribution in [2.45, 2.75) is 30.8 Å². The van der Waals surface area contributed by atoms with Gasteiger partial charge in [0, 0.05) is 19.1 Å². The minimum atomic E-state index is -3.53. The van der Waals surface area contributed by atoms with Crippen LogP contribution >= 0.6 is 0 Å². The Morgan fingerprint density at radius 2 is 2.25 bits per heavy atom. The third-order valence-electron chi connectivity index (χ3n) is 3.27. The fourth-order valence-electron chi connectivity index (χ4n) is 2.27. The van der Waals surface area contributed by atoms with Crippen molar-refractivity contribution < 1.29 is 8.42 Å². The molecule has 1 aromatic rings. The Morgan fingerprint density at radius 1 is 1.60 bits per heavy atom. The van der Waals surface area contributed by atoms with Crippen LogP contribution in [0.5, 0.6) is 0 Å². The van der Waals surface area contributed by atoms with Crippen molar-refractivity contribution in [3.63, 3.8) is 0 Å². The van der Waals surface area contributed by atoms with E-state index in [1.807, 2.05) is 4.90 Å². The van der Waals surface area contributed by atoms with Gasteiger partial charge in [-0.1, -0.05) is 0 Å². The number of amidine groups is 1. The molecule has 0 saturated carbocycles. The van der Waals surface area contributed by atoms with Gasteiger partial charge in [-0.05, 0) is 19.8 Å². The number of aromatic nitrogens is 2. The van der Waals surface area contributed by atoms with Crippen LogP contribution in [-0.2, 0) is 10.0 Å². The lowest BCUT2D eigenvalue weighted by Gasteiger charge is -2.31.